The van der Waals surface area contributed by atoms with E-state index >= 15 is 0 Å². The lowest BCUT2D eigenvalue weighted by Gasteiger charge is -2.40. The van der Waals surface area contributed by atoms with Gasteiger partial charge in [-0.25, -0.2) is 0 Å². The molecule has 2 heterocycles. The first-order chi connectivity index (χ1) is 14.5. The Morgan fingerprint density at radius 2 is 2.03 bits per heavy atom. The van der Waals surface area contributed by atoms with Crippen molar-refractivity contribution in [3.63, 3.8) is 0 Å². The maximum Gasteiger partial charge on any atom is 0.191 e. The van der Waals surface area contributed by atoms with E-state index in [2.05, 4.69) is 44.9 Å². The lowest BCUT2D eigenvalue weighted by molar-refractivity contribution is 0.0396. The number of guanidine groups is 1. The zero-order chi connectivity index (χ0) is 21.1. The predicted molar refractivity (Wildman–Crippen MR) is 119 cm³/mol. The standard InChI is InChI=1S/C24H32N4O2/c1-16-14-26-20(17(2)22(16)29-4)15-27-23(25-3)28-19-13-24(11-7-8-12-24)30-21-10-6-5-9-18(19)21/h5-6,9-10,14,19H,7-8,11-13,15H2,1-4H3,(H2,25,27,28). The number of rotatable bonds is 4. The number of aliphatic imine (C=N–C) groups is 1. The first kappa shape index (κ1) is 20.5. The molecule has 2 N–H and O–H groups in total. The van der Waals surface area contributed by atoms with Crippen LogP contribution in [0.5, 0.6) is 11.5 Å². The first-order valence-electron chi connectivity index (χ1n) is 10.8. The van der Waals surface area contributed by atoms with Crippen molar-refractivity contribution in [2.75, 3.05) is 14.2 Å². The van der Waals surface area contributed by atoms with Crippen molar-refractivity contribution in [3.05, 3.63) is 52.8 Å². The van der Waals surface area contributed by atoms with Crippen LogP contribution in [0.2, 0.25) is 0 Å². The van der Waals surface area contributed by atoms with Gasteiger partial charge in [0.15, 0.2) is 5.96 Å². The van der Waals surface area contributed by atoms with Gasteiger partial charge >= 0.3 is 0 Å². The molecule has 1 saturated carbocycles. The average molecular weight is 409 g/mol. The highest BCUT2D eigenvalue weighted by Crippen LogP contribution is 2.46. The van der Waals surface area contributed by atoms with Crippen molar-refractivity contribution in [3.8, 4) is 11.5 Å². The van der Waals surface area contributed by atoms with Crippen LogP contribution in [0.1, 0.15) is 60.5 Å². The molecule has 0 bridgehead atoms. The lowest BCUT2D eigenvalue weighted by Crippen LogP contribution is -2.46. The largest absolute Gasteiger partial charge is 0.496 e. The van der Waals surface area contributed by atoms with Crippen LogP contribution < -0.4 is 20.1 Å². The Labute approximate surface area is 179 Å². The second kappa shape index (κ2) is 8.54. The van der Waals surface area contributed by atoms with Gasteiger partial charge in [0.25, 0.3) is 0 Å². The number of methoxy groups -OCH3 is 1. The van der Waals surface area contributed by atoms with Gasteiger partial charge in [-0.3, -0.25) is 9.98 Å². The van der Waals surface area contributed by atoms with Gasteiger partial charge in [0.05, 0.1) is 25.4 Å². The molecule has 160 valence electrons. The molecular weight excluding hydrogens is 376 g/mol. The van der Waals surface area contributed by atoms with Crippen molar-refractivity contribution in [2.45, 2.75) is 64.1 Å². The number of ether oxygens (including phenoxy) is 2. The molecule has 1 aliphatic heterocycles. The van der Waals surface area contributed by atoms with Gasteiger partial charge in [-0.15, -0.1) is 0 Å². The van der Waals surface area contributed by atoms with Gasteiger partial charge in [0.2, 0.25) is 0 Å². The van der Waals surface area contributed by atoms with Crippen LogP contribution in [0.4, 0.5) is 0 Å². The van der Waals surface area contributed by atoms with Crippen LogP contribution in [0.3, 0.4) is 0 Å². The van der Waals surface area contributed by atoms with Crippen LogP contribution in [-0.4, -0.2) is 30.7 Å². The molecule has 1 atom stereocenters. The van der Waals surface area contributed by atoms with Crippen LogP contribution in [0.15, 0.2) is 35.5 Å². The van der Waals surface area contributed by atoms with Crippen molar-refractivity contribution < 1.29 is 9.47 Å². The fraction of sp³-hybridized carbons (Fsp3) is 0.500. The summed E-state index contributed by atoms with van der Waals surface area (Å²) in [7, 11) is 3.51. The number of pyridine rings is 1. The zero-order valence-corrected chi connectivity index (χ0v) is 18.4. The molecular formula is C24H32N4O2. The maximum absolute atomic E-state index is 6.48. The number of hydrogen-bond donors (Lipinski definition) is 2. The third-order valence-electron chi connectivity index (χ3n) is 6.42. The van der Waals surface area contributed by atoms with E-state index in [1.807, 2.05) is 27.1 Å². The van der Waals surface area contributed by atoms with Crippen molar-refractivity contribution in [1.82, 2.24) is 15.6 Å². The van der Waals surface area contributed by atoms with Gasteiger partial charge < -0.3 is 20.1 Å². The van der Waals surface area contributed by atoms with Crippen molar-refractivity contribution in [2.24, 2.45) is 4.99 Å². The zero-order valence-electron chi connectivity index (χ0n) is 18.4. The highest BCUT2D eigenvalue weighted by Gasteiger charge is 2.43. The minimum absolute atomic E-state index is 0.0483. The van der Waals surface area contributed by atoms with Crippen LogP contribution in [0.25, 0.3) is 0 Å². The monoisotopic (exact) mass is 408 g/mol. The molecule has 1 fully saturated rings. The number of fused-ring (bicyclic) bond motifs is 1. The summed E-state index contributed by atoms with van der Waals surface area (Å²) in [5, 5.41) is 7.08. The number of hydrogen-bond acceptors (Lipinski definition) is 4. The highest BCUT2D eigenvalue weighted by molar-refractivity contribution is 5.80. The smallest absolute Gasteiger partial charge is 0.191 e. The van der Waals surface area contributed by atoms with Crippen molar-refractivity contribution in [1.29, 1.82) is 0 Å². The van der Waals surface area contributed by atoms with E-state index in [4.69, 9.17) is 9.47 Å². The molecule has 0 radical (unpaired) electrons. The average Bonchev–Trinajstić information content (AvgIpc) is 3.19. The number of benzene rings is 1. The Kier molecular flexibility index (Phi) is 5.84. The molecule has 1 unspecified atom stereocenters. The Morgan fingerprint density at radius 3 is 2.77 bits per heavy atom. The third-order valence-corrected chi connectivity index (χ3v) is 6.42. The molecule has 6 heteroatoms. The van der Waals surface area contributed by atoms with Gasteiger partial charge in [-0.1, -0.05) is 18.2 Å². The minimum Gasteiger partial charge on any atom is -0.496 e. The van der Waals surface area contributed by atoms with E-state index in [-0.39, 0.29) is 11.6 Å². The maximum atomic E-state index is 6.48. The van der Waals surface area contributed by atoms with Gasteiger partial charge in [0.1, 0.15) is 17.1 Å². The lowest BCUT2D eigenvalue weighted by atomic mass is 9.86. The molecule has 4 rings (SSSR count). The van der Waals surface area contributed by atoms with Crippen molar-refractivity contribution >= 4 is 5.96 Å². The van der Waals surface area contributed by atoms with Crippen LogP contribution >= 0.6 is 0 Å². The highest BCUT2D eigenvalue weighted by atomic mass is 16.5. The summed E-state index contributed by atoms with van der Waals surface area (Å²) >= 11 is 0. The summed E-state index contributed by atoms with van der Waals surface area (Å²) in [6, 6.07) is 8.53. The number of aryl methyl sites for hydroxylation is 1. The van der Waals surface area contributed by atoms with E-state index in [1.54, 1.807) is 7.11 Å². The number of aromatic nitrogens is 1. The second-order valence-electron chi connectivity index (χ2n) is 8.40. The molecule has 1 aliphatic carbocycles. The van der Waals surface area contributed by atoms with E-state index in [9.17, 15) is 0 Å². The van der Waals surface area contributed by atoms with E-state index in [1.165, 1.54) is 18.4 Å². The summed E-state index contributed by atoms with van der Waals surface area (Å²) < 4.78 is 12.0. The molecule has 1 aromatic heterocycles. The first-order valence-corrected chi connectivity index (χ1v) is 10.8. The van der Waals surface area contributed by atoms with Crippen LogP contribution in [-0.2, 0) is 6.54 Å². The molecule has 2 aliphatic rings. The topological polar surface area (TPSA) is 67.8 Å². The normalized spacial score (nSPS) is 19.9. The molecule has 30 heavy (non-hydrogen) atoms. The number of para-hydroxylation sites is 1. The SMILES string of the molecule is CN=C(NCc1ncc(C)c(OC)c1C)NC1CC2(CCCC2)Oc2ccccc21. The third kappa shape index (κ3) is 3.95. The Morgan fingerprint density at radius 1 is 1.27 bits per heavy atom. The molecule has 0 saturated heterocycles. The molecule has 2 aromatic rings. The van der Waals surface area contributed by atoms with E-state index in [0.29, 0.717) is 6.54 Å². The van der Waals surface area contributed by atoms with E-state index < -0.39 is 0 Å². The van der Waals surface area contributed by atoms with Gasteiger partial charge in [-0.2, -0.15) is 0 Å². The minimum atomic E-state index is -0.0483. The fourth-order valence-electron chi connectivity index (χ4n) is 4.85. The summed E-state index contributed by atoms with van der Waals surface area (Å²) in [6.07, 6.45) is 7.54. The molecule has 1 spiro atoms. The van der Waals surface area contributed by atoms with Gasteiger partial charge in [0, 0.05) is 36.4 Å². The molecule has 0 amide bonds. The second-order valence-corrected chi connectivity index (χ2v) is 8.40. The number of nitrogens with one attached hydrogen (secondary N) is 2. The Hall–Kier alpha value is -2.76. The molecule has 1 aromatic carbocycles. The predicted octanol–water partition coefficient (Wildman–Crippen LogP) is 4.21. The summed E-state index contributed by atoms with van der Waals surface area (Å²) in [4.78, 5) is 9.06. The Balaban J connectivity index is 1.50. The summed E-state index contributed by atoms with van der Waals surface area (Å²) in [5.41, 5.74) is 4.21. The fourth-order valence-corrected chi connectivity index (χ4v) is 4.85. The number of nitrogens with zero attached hydrogens (tertiary/aromatic N) is 2. The van der Waals surface area contributed by atoms with Crippen LogP contribution in [0, 0.1) is 13.8 Å². The summed E-state index contributed by atoms with van der Waals surface area (Å²) in [5.74, 6) is 2.66. The van der Waals surface area contributed by atoms with Gasteiger partial charge in [-0.05, 0) is 45.6 Å². The van der Waals surface area contributed by atoms with E-state index in [0.717, 1.165) is 53.5 Å². The summed E-state index contributed by atoms with van der Waals surface area (Å²) in [6.45, 7) is 4.64. The molecule has 6 nitrogen and oxygen atoms in total. The Bertz CT molecular complexity index is 935. The quantitative estimate of drug-likeness (QED) is 0.586.